The molecule has 0 radical (unpaired) electrons. The van der Waals surface area contributed by atoms with E-state index in [4.69, 9.17) is 10.5 Å². The van der Waals surface area contributed by atoms with Crippen molar-refractivity contribution >= 4 is 27.9 Å². The van der Waals surface area contributed by atoms with Gasteiger partial charge in [0.05, 0.1) is 12.4 Å². The molecular weight excluding hydrogens is 464 g/mol. The van der Waals surface area contributed by atoms with Gasteiger partial charge in [-0.05, 0) is 51.5 Å². The highest BCUT2D eigenvalue weighted by Crippen LogP contribution is 2.46. The van der Waals surface area contributed by atoms with Crippen LogP contribution >= 0.6 is 0 Å². The van der Waals surface area contributed by atoms with Crippen LogP contribution in [0, 0.1) is 17.7 Å². The highest BCUT2D eigenvalue weighted by molar-refractivity contribution is 7.91. The fourth-order valence-corrected chi connectivity index (χ4v) is 5.09. The third kappa shape index (κ3) is 4.21. The molecule has 2 aromatic rings. The maximum atomic E-state index is 15.0. The van der Waals surface area contributed by atoms with E-state index in [-0.39, 0.29) is 35.3 Å². The third-order valence-corrected chi connectivity index (χ3v) is 8.58. The summed E-state index contributed by atoms with van der Waals surface area (Å²) < 4.78 is 60.5. The summed E-state index contributed by atoms with van der Waals surface area (Å²) in [5.74, 6) is 3.89. The first-order valence-electron chi connectivity index (χ1n) is 10.2. The van der Waals surface area contributed by atoms with Gasteiger partial charge in [0.1, 0.15) is 21.8 Å². The normalized spacial score (nSPS) is 21.3. The van der Waals surface area contributed by atoms with Crippen molar-refractivity contribution in [3.63, 3.8) is 0 Å². The number of rotatable bonds is 5. The Hall–Kier alpha value is -3.52. The second-order valence-corrected chi connectivity index (χ2v) is 10.7. The van der Waals surface area contributed by atoms with E-state index in [1.807, 2.05) is 0 Å². The predicted molar refractivity (Wildman–Crippen MR) is 126 cm³/mol. The molecule has 2 heterocycles. The molecule has 0 amide bonds. The predicted octanol–water partition coefficient (Wildman–Crippen LogP) is 3.07. The summed E-state index contributed by atoms with van der Waals surface area (Å²) >= 11 is 0. The van der Waals surface area contributed by atoms with Crippen LogP contribution < -0.4 is 10.5 Å². The van der Waals surface area contributed by atoms with Gasteiger partial charge in [-0.2, -0.15) is 0 Å². The van der Waals surface area contributed by atoms with Gasteiger partial charge in [-0.15, -0.1) is 5.92 Å². The first kappa shape index (κ1) is 25.1. The number of sulfonamides is 1. The zero-order chi connectivity index (χ0) is 25.3. The molecule has 0 aliphatic carbocycles. The van der Waals surface area contributed by atoms with E-state index in [1.54, 1.807) is 6.92 Å². The average Bonchev–Trinajstić information content (AvgIpc) is 2.79. The number of guanidine groups is 1. The van der Waals surface area contributed by atoms with E-state index in [0.717, 1.165) is 16.4 Å². The van der Waals surface area contributed by atoms with E-state index in [9.17, 15) is 17.2 Å². The number of hydrogen-bond donors (Lipinski definition) is 1. The Labute approximate surface area is 197 Å². The van der Waals surface area contributed by atoms with E-state index < -0.39 is 32.0 Å². The number of halogens is 2. The molecule has 3 rings (SSSR count). The zero-order valence-corrected chi connectivity index (χ0v) is 20.2. The molecule has 0 fully saturated rings. The number of aliphatic imine (C=N–C) groups is 1. The molecule has 0 bridgehead atoms. The van der Waals surface area contributed by atoms with Crippen molar-refractivity contribution < 1.29 is 21.9 Å². The molecule has 2 N–H and O–H groups in total. The number of aromatic nitrogens is 2. The van der Waals surface area contributed by atoms with Gasteiger partial charge in [0, 0.05) is 12.6 Å². The van der Waals surface area contributed by atoms with Gasteiger partial charge in [0.15, 0.2) is 12.4 Å². The van der Waals surface area contributed by atoms with Crippen molar-refractivity contribution in [2.45, 2.75) is 38.0 Å². The summed E-state index contributed by atoms with van der Waals surface area (Å²) in [6, 6.07) is 3.84. The summed E-state index contributed by atoms with van der Waals surface area (Å²) in [6.45, 7) is 6.19. The monoisotopic (exact) mass is 489 g/mol. The summed E-state index contributed by atoms with van der Waals surface area (Å²) in [5, 5.41) is 0. The molecule has 1 atom stereocenters. The Morgan fingerprint density at radius 2 is 1.97 bits per heavy atom. The van der Waals surface area contributed by atoms with Crippen molar-refractivity contribution in [2.75, 3.05) is 13.7 Å². The Morgan fingerprint density at radius 3 is 2.59 bits per heavy atom. The number of ether oxygens (including phenoxy) is 1. The van der Waals surface area contributed by atoms with Crippen LogP contribution in [0.2, 0.25) is 0 Å². The molecular formula is C23H25F2N5O3S. The van der Waals surface area contributed by atoms with Crippen LogP contribution in [-0.4, -0.2) is 47.1 Å². The molecule has 0 unspecified atom stereocenters. The molecule has 1 aliphatic rings. The molecule has 0 spiro atoms. The van der Waals surface area contributed by atoms with Crippen LogP contribution in [0.5, 0.6) is 5.88 Å². The van der Waals surface area contributed by atoms with Gasteiger partial charge in [-0.3, -0.25) is 0 Å². The molecule has 0 saturated heterocycles. The van der Waals surface area contributed by atoms with Gasteiger partial charge in [0.2, 0.25) is 21.9 Å². The van der Waals surface area contributed by atoms with Crippen molar-refractivity contribution in [3.8, 4) is 17.7 Å². The van der Waals surface area contributed by atoms with Crippen molar-refractivity contribution in [1.29, 1.82) is 0 Å². The summed E-state index contributed by atoms with van der Waals surface area (Å²) in [7, 11) is -2.68. The topological polar surface area (TPSA) is 111 Å². The number of benzene rings is 1. The minimum atomic E-state index is -3.97. The van der Waals surface area contributed by atoms with Gasteiger partial charge < -0.3 is 10.5 Å². The summed E-state index contributed by atoms with van der Waals surface area (Å²) in [4.78, 5) is 12.3. The van der Waals surface area contributed by atoms with Crippen LogP contribution in [0.25, 0.3) is 11.9 Å². The largest absolute Gasteiger partial charge is 0.463 e. The lowest BCUT2D eigenvalue weighted by Crippen LogP contribution is -2.62. The van der Waals surface area contributed by atoms with Gasteiger partial charge in [0.25, 0.3) is 0 Å². The minimum absolute atomic E-state index is 0.0365. The van der Waals surface area contributed by atoms with Crippen LogP contribution in [-0.2, 0) is 15.6 Å². The minimum Gasteiger partial charge on any atom is -0.463 e. The standard InChI is InChI=1S/C23H25F2N5O3S/c1-6-7-10-33-20-14-27-19(13-28-20)18(25)12-15-8-9-17(24)16(11-15)23(4)22(2,3)34(31,32)30(5)21(26)29-23/h8-9,11-14H,10H2,1-5H3,(H2,26,29)/b18-12-/t23-/m1/s1. The van der Waals surface area contributed by atoms with Crippen molar-refractivity contribution in [3.05, 3.63) is 53.2 Å². The fraction of sp³-hybridized carbons (Fsp3) is 0.348. The lowest BCUT2D eigenvalue weighted by atomic mass is 9.80. The maximum Gasteiger partial charge on any atom is 0.245 e. The Kier molecular flexibility index (Phi) is 6.66. The van der Waals surface area contributed by atoms with Crippen LogP contribution in [0.1, 0.15) is 44.5 Å². The molecule has 1 aromatic heterocycles. The van der Waals surface area contributed by atoms with Crippen molar-refractivity contribution in [2.24, 2.45) is 10.7 Å². The number of hydrogen-bond acceptors (Lipinski definition) is 7. The zero-order valence-electron chi connectivity index (χ0n) is 19.4. The molecule has 180 valence electrons. The van der Waals surface area contributed by atoms with E-state index in [2.05, 4.69) is 26.8 Å². The molecule has 1 aromatic carbocycles. The number of nitrogens with zero attached hydrogens (tertiary/aromatic N) is 4. The molecule has 34 heavy (non-hydrogen) atoms. The fourth-order valence-electron chi connectivity index (χ4n) is 3.46. The third-order valence-electron chi connectivity index (χ3n) is 5.99. The van der Waals surface area contributed by atoms with E-state index in [0.29, 0.717) is 0 Å². The first-order chi connectivity index (χ1) is 15.8. The SMILES string of the molecule is CC#CCOc1cnc(/C(F)=C/c2ccc(F)c([C@@]3(C)N=C(N)N(C)S(=O)(=O)C3(C)C)c2)cn1. The second-order valence-electron chi connectivity index (χ2n) is 8.21. The van der Waals surface area contributed by atoms with E-state index in [1.165, 1.54) is 52.3 Å². The average molecular weight is 490 g/mol. The van der Waals surface area contributed by atoms with Gasteiger partial charge >= 0.3 is 0 Å². The van der Waals surface area contributed by atoms with Crippen molar-refractivity contribution in [1.82, 2.24) is 14.3 Å². The van der Waals surface area contributed by atoms with Gasteiger partial charge in [-0.1, -0.05) is 12.0 Å². The molecule has 0 saturated carbocycles. The highest BCUT2D eigenvalue weighted by atomic mass is 32.2. The Morgan fingerprint density at radius 1 is 1.26 bits per heavy atom. The summed E-state index contributed by atoms with van der Waals surface area (Å²) in [5.41, 5.74) is 4.45. The molecule has 11 heteroatoms. The van der Waals surface area contributed by atoms with Crippen LogP contribution in [0.4, 0.5) is 8.78 Å². The quantitative estimate of drug-likeness (QED) is 0.647. The number of nitrogens with two attached hydrogens (primary N) is 1. The molecule has 1 aliphatic heterocycles. The lowest BCUT2D eigenvalue weighted by molar-refractivity contribution is 0.327. The van der Waals surface area contributed by atoms with Crippen LogP contribution in [0.15, 0.2) is 35.6 Å². The Balaban J connectivity index is 2.01. The first-order valence-corrected chi connectivity index (χ1v) is 11.6. The second kappa shape index (κ2) is 9.02. The maximum absolute atomic E-state index is 15.0. The molecule has 8 nitrogen and oxygen atoms in total. The van der Waals surface area contributed by atoms with Gasteiger partial charge in [-0.25, -0.2) is 36.5 Å². The highest BCUT2D eigenvalue weighted by Gasteiger charge is 2.57. The van der Waals surface area contributed by atoms with E-state index >= 15 is 0 Å². The van der Waals surface area contributed by atoms with Crippen LogP contribution in [0.3, 0.4) is 0 Å². The summed E-state index contributed by atoms with van der Waals surface area (Å²) in [6.07, 6.45) is 3.60. The Bertz CT molecular complexity index is 1330. The lowest BCUT2D eigenvalue weighted by Gasteiger charge is -2.46. The smallest absolute Gasteiger partial charge is 0.245 e.